The molecule has 0 spiro atoms. The zero-order valence-corrected chi connectivity index (χ0v) is 14.5. The molecule has 2 aromatic carbocycles. The lowest BCUT2D eigenvalue weighted by Crippen LogP contribution is -2.56. The molecule has 1 saturated heterocycles. The summed E-state index contributed by atoms with van der Waals surface area (Å²) in [5.41, 5.74) is 0.857. The molecule has 0 saturated carbocycles. The van der Waals surface area contributed by atoms with Gasteiger partial charge in [-0.2, -0.15) is 4.31 Å². The molecule has 0 aromatic heterocycles. The lowest BCUT2D eigenvalue weighted by Gasteiger charge is -2.39. The summed E-state index contributed by atoms with van der Waals surface area (Å²) in [6, 6.07) is 12.3. The quantitative estimate of drug-likeness (QED) is 0.876. The van der Waals surface area contributed by atoms with E-state index in [0.717, 1.165) is 11.4 Å². The van der Waals surface area contributed by atoms with E-state index in [0.29, 0.717) is 24.6 Å². The molecule has 2 aromatic rings. The Morgan fingerprint density at radius 2 is 1.88 bits per heavy atom. The number of sulfonamides is 1. The van der Waals surface area contributed by atoms with Gasteiger partial charge in [-0.05, 0) is 24.3 Å². The van der Waals surface area contributed by atoms with Crippen LogP contribution in [0.1, 0.15) is 0 Å². The fourth-order valence-corrected chi connectivity index (χ4v) is 4.44. The number of ether oxygens (including phenoxy) is 3. The van der Waals surface area contributed by atoms with Crippen LogP contribution in [0.2, 0.25) is 0 Å². The van der Waals surface area contributed by atoms with Gasteiger partial charge in [-0.1, -0.05) is 12.1 Å². The number of para-hydroxylation sites is 2. The number of rotatable bonds is 5. The van der Waals surface area contributed by atoms with Crippen molar-refractivity contribution in [1.82, 2.24) is 4.31 Å². The number of benzene rings is 2. The molecule has 8 heteroatoms. The Balaban J connectivity index is 1.44. The van der Waals surface area contributed by atoms with Crippen LogP contribution in [0, 0.1) is 0 Å². The van der Waals surface area contributed by atoms with Gasteiger partial charge in [0.25, 0.3) is 0 Å². The smallest absolute Gasteiger partial charge is 0.243 e. The predicted molar refractivity (Wildman–Crippen MR) is 91.7 cm³/mol. The van der Waals surface area contributed by atoms with Crippen molar-refractivity contribution in [2.24, 2.45) is 0 Å². The highest BCUT2D eigenvalue weighted by atomic mass is 32.2. The number of nitrogens with one attached hydrogen (secondary N) is 1. The minimum atomic E-state index is -3.54. The Labute approximate surface area is 146 Å². The highest BCUT2D eigenvalue weighted by Crippen LogP contribution is 2.35. The predicted octanol–water partition coefficient (Wildman–Crippen LogP) is 1.91. The van der Waals surface area contributed by atoms with Crippen LogP contribution < -0.4 is 19.5 Å². The number of nitrogens with zero attached hydrogens (tertiary/aromatic N) is 1. The summed E-state index contributed by atoms with van der Waals surface area (Å²) >= 11 is 0. The molecule has 0 unspecified atom stereocenters. The molecule has 2 aliphatic heterocycles. The Kier molecular flexibility index (Phi) is 3.93. The van der Waals surface area contributed by atoms with Gasteiger partial charge >= 0.3 is 0 Å². The first-order valence-corrected chi connectivity index (χ1v) is 9.31. The number of anilines is 1. The molecule has 0 bridgehead atoms. The molecule has 2 aliphatic rings. The number of fused-ring (bicyclic) bond motifs is 1. The van der Waals surface area contributed by atoms with Crippen molar-refractivity contribution in [3.63, 3.8) is 0 Å². The fourth-order valence-electron chi connectivity index (χ4n) is 2.90. The van der Waals surface area contributed by atoms with Crippen molar-refractivity contribution in [2.75, 3.05) is 32.3 Å². The molecule has 25 heavy (non-hydrogen) atoms. The summed E-state index contributed by atoms with van der Waals surface area (Å²) in [4.78, 5) is 0.215. The third kappa shape index (κ3) is 2.87. The Hall–Kier alpha value is -2.45. The molecule has 0 radical (unpaired) electrons. The molecule has 1 N–H and O–H groups in total. The van der Waals surface area contributed by atoms with Gasteiger partial charge in [-0.15, -0.1) is 0 Å². The molecule has 132 valence electrons. The second-order valence-electron chi connectivity index (χ2n) is 5.88. The minimum absolute atomic E-state index is 0.0417. The number of hydrogen-bond donors (Lipinski definition) is 1. The van der Waals surface area contributed by atoms with Crippen molar-refractivity contribution in [3.8, 4) is 17.2 Å². The lowest BCUT2D eigenvalue weighted by molar-refractivity contribution is 0.174. The molecular formula is C17H18N2O5S. The first kappa shape index (κ1) is 16.0. The van der Waals surface area contributed by atoms with Crippen LogP contribution in [0.5, 0.6) is 17.2 Å². The molecule has 4 rings (SSSR count). The maximum absolute atomic E-state index is 12.7. The van der Waals surface area contributed by atoms with E-state index in [1.807, 2.05) is 24.3 Å². The summed E-state index contributed by atoms with van der Waals surface area (Å²) in [7, 11) is -1.93. The standard InChI is InChI=1S/C17H18N2O5S/c1-22-15-5-3-2-4-14(15)18-12-9-19(10-12)25(20,21)13-6-7-16-17(8-13)24-11-23-16/h2-8,12,18H,9-11H2,1H3. The first-order chi connectivity index (χ1) is 12.1. The van der Waals surface area contributed by atoms with Crippen LogP contribution in [0.25, 0.3) is 0 Å². The zero-order valence-electron chi connectivity index (χ0n) is 13.6. The van der Waals surface area contributed by atoms with Gasteiger partial charge in [0.1, 0.15) is 5.75 Å². The Bertz CT molecular complexity index is 894. The van der Waals surface area contributed by atoms with E-state index >= 15 is 0 Å². The summed E-state index contributed by atoms with van der Waals surface area (Å²) in [6.45, 7) is 0.914. The maximum atomic E-state index is 12.7. The van der Waals surface area contributed by atoms with E-state index in [2.05, 4.69) is 5.32 Å². The van der Waals surface area contributed by atoms with Crippen LogP contribution >= 0.6 is 0 Å². The van der Waals surface area contributed by atoms with E-state index in [4.69, 9.17) is 14.2 Å². The third-order valence-electron chi connectivity index (χ3n) is 4.30. The third-order valence-corrected chi connectivity index (χ3v) is 6.12. The second kappa shape index (κ2) is 6.12. The van der Waals surface area contributed by atoms with Crippen molar-refractivity contribution >= 4 is 15.7 Å². The zero-order chi connectivity index (χ0) is 17.4. The van der Waals surface area contributed by atoms with E-state index in [9.17, 15) is 8.42 Å². The van der Waals surface area contributed by atoms with Crippen molar-refractivity contribution in [2.45, 2.75) is 10.9 Å². The summed E-state index contributed by atoms with van der Waals surface area (Å²) in [5.74, 6) is 1.77. The molecule has 0 atom stereocenters. The maximum Gasteiger partial charge on any atom is 0.243 e. The van der Waals surface area contributed by atoms with E-state index in [-0.39, 0.29) is 17.7 Å². The first-order valence-electron chi connectivity index (χ1n) is 7.87. The molecule has 0 amide bonds. The van der Waals surface area contributed by atoms with Gasteiger partial charge in [0.2, 0.25) is 16.8 Å². The van der Waals surface area contributed by atoms with Gasteiger partial charge < -0.3 is 19.5 Å². The van der Waals surface area contributed by atoms with Crippen LogP contribution in [-0.2, 0) is 10.0 Å². The summed E-state index contributed by atoms with van der Waals surface area (Å²) in [5, 5.41) is 3.32. The van der Waals surface area contributed by atoms with Crippen LogP contribution in [0.3, 0.4) is 0 Å². The highest BCUT2D eigenvalue weighted by molar-refractivity contribution is 7.89. The fraction of sp³-hybridized carbons (Fsp3) is 0.294. The highest BCUT2D eigenvalue weighted by Gasteiger charge is 2.37. The molecule has 2 heterocycles. The molecule has 1 fully saturated rings. The van der Waals surface area contributed by atoms with E-state index in [1.165, 1.54) is 10.4 Å². The minimum Gasteiger partial charge on any atom is -0.495 e. The monoisotopic (exact) mass is 362 g/mol. The van der Waals surface area contributed by atoms with Crippen LogP contribution in [-0.4, -0.2) is 45.8 Å². The normalized spacial score (nSPS) is 17.2. The largest absolute Gasteiger partial charge is 0.495 e. The van der Waals surface area contributed by atoms with Gasteiger partial charge in [-0.25, -0.2) is 8.42 Å². The Morgan fingerprint density at radius 3 is 2.68 bits per heavy atom. The summed E-state index contributed by atoms with van der Waals surface area (Å²) < 4.78 is 42.6. The summed E-state index contributed by atoms with van der Waals surface area (Å²) in [6.07, 6.45) is 0. The van der Waals surface area contributed by atoms with Gasteiger partial charge in [-0.3, -0.25) is 0 Å². The molecular weight excluding hydrogens is 344 g/mol. The van der Waals surface area contributed by atoms with Crippen molar-refractivity contribution < 1.29 is 22.6 Å². The topological polar surface area (TPSA) is 77.1 Å². The average Bonchev–Trinajstić information content (AvgIpc) is 3.05. The molecule has 0 aliphatic carbocycles. The lowest BCUT2D eigenvalue weighted by atomic mass is 10.1. The van der Waals surface area contributed by atoms with E-state index in [1.54, 1.807) is 19.2 Å². The number of hydrogen-bond acceptors (Lipinski definition) is 6. The van der Waals surface area contributed by atoms with Crippen LogP contribution in [0.15, 0.2) is 47.4 Å². The SMILES string of the molecule is COc1ccccc1NC1CN(S(=O)(=O)c2ccc3c(c2)OCO3)C1. The van der Waals surface area contributed by atoms with Gasteiger partial charge in [0.05, 0.1) is 23.7 Å². The van der Waals surface area contributed by atoms with E-state index < -0.39 is 10.0 Å². The Morgan fingerprint density at radius 1 is 1.12 bits per heavy atom. The second-order valence-corrected chi connectivity index (χ2v) is 7.82. The van der Waals surface area contributed by atoms with Crippen LogP contribution in [0.4, 0.5) is 5.69 Å². The number of methoxy groups -OCH3 is 1. The van der Waals surface area contributed by atoms with Crippen molar-refractivity contribution in [1.29, 1.82) is 0 Å². The molecule has 7 nitrogen and oxygen atoms in total. The van der Waals surface area contributed by atoms with Gasteiger partial charge in [0.15, 0.2) is 11.5 Å². The average molecular weight is 362 g/mol. The van der Waals surface area contributed by atoms with Gasteiger partial charge in [0, 0.05) is 19.2 Å². The van der Waals surface area contributed by atoms with Crippen molar-refractivity contribution in [3.05, 3.63) is 42.5 Å².